The number of rotatable bonds is 7. The van der Waals surface area contributed by atoms with Crippen molar-refractivity contribution in [2.75, 3.05) is 17.2 Å². The molecule has 0 aromatic heterocycles. The molecule has 3 aromatic rings. The molecule has 0 aliphatic heterocycles. The second kappa shape index (κ2) is 9.06. The molecule has 3 aromatic carbocycles. The third-order valence-electron chi connectivity index (χ3n) is 3.68. The van der Waals surface area contributed by atoms with Gasteiger partial charge in [-0.25, -0.2) is 0 Å². The zero-order chi connectivity index (χ0) is 18.2. The maximum absolute atomic E-state index is 12.3. The Hall–Kier alpha value is -2.79. The van der Waals surface area contributed by atoms with Gasteiger partial charge in [-0.2, -0.15) is 0 Å². The second-order valence-corrected chi connectivity index (χ2v) is 6.60. The van der Waals surface area contributed by atoms with Crippen LogP contribution in [-0.2, 0) is 11.4 Å². The van der Waals surface area contributed by atoms with Gasteiger partial charge in [-0.05, 0) is 35.9 Å². The summed E-state index contributed by atoms with van der Waals surface area (Å²) >= 11 is 3.41. The van der Waals surface area contributed by atoms with Gasteiger partial charge in [-0.3, -0.25) is 4.79 Å². The molecule has 1 amide bonds. The van der Waals surface area contributed by atoms with Crippen LogP contribution in [0, 0.1) is 0 Å². The van der Waals surface area contributed by atoms with E-state index in [-0.39, 0.29) is 12.5 Å². The number of carbonyl (C=O) groups is 1. The Bertz CT molecular complexity index is 869. The fourth-order valence-corrected chi connectivity index (χ4v) is 2.81. The van der Waals surface area contributed by atoms with Crippen LogP contribution in [0.1, 0.15) is 5.56 Å². The average Bonchev–Trinajstić information content (AvgIpc) is 2.67. The van der Waals surface area contributed by atoms with Crippen molar-refractivity contribution in [3.05, 3.63) is 88.9 Å². The third kappa shape index (κ3) is 5.36. The number of carbonyl (C=O) groups excluding carboxylic acids is 1. The number of anilines is 2. The molecule has 0 heterocycles. The van der Waals surface area contributed by atoms with Crippen LogP contribution in [0.5, 0.6) is 5.75 Å². The molecular weight excluding hydrogens is 392 g/mol. The first-order chi connectivity index (χ1) is 12.7. The molecule has 0 unspecified atom stereocenters. The fraction of sp³-hybridized carbons (Fsp3) is 0.0952. The zero-order valence-corrected chi connectivity index (χ0v) is 15.7. The highest BCUT2D eigenvalue weighted by Crippen LogP contribution is 2.24. The number of hydrogen-bond donors (Lipinski definition) is 2. The Morgan fingerprint density at radius 3 is 2.50 bits per heavy atom. The van der Waals surface area contributed by atoms with E-state index < -0.39 is 0 Å². The number of para-hydroxylation sites is 2. The first-order valence-electron chi connectivity index (χ1n) is 8.26. The molecule has 0 fully saturated rings. The zero-order valence-electron chi connectivity index (χ0n) is 14.1. The molecule has 26 heavy (non-hydrogen) atoms. The van der Waals surface area contributed by atoms with Gasteiger partial charge in [-0.1, -0.05) is 64.5 Å². The minimum atomic E-state index is -0.138. The lowest BCUT2D eigenvalue weighted by molar-refractivity contribution is -0.114. The molecule has 0 spiro atoms. The summed E-state index contributed by atoms with van der Waals surface area (Å²) < 4.78 is 6.82. The molecule has 0 saturated heterocycles. The van der Waals surface area contributed by atoms with Crippen LogP contribution in [0.3, 0.4) is 0 Å². The average molecular weight is 411 g/mol. The Kier molecular flexibility index (Phi) is 6.28. The highest BCUT2D eigenvalue weighted by atomic mass is 79.9. The van der Waals surface area contributed by atoms with E-state index >= 15 is 0 Å². The van der Waals surface area contributed by atoms with Gasteiger partial charge in [0.1, 0.15) is 12.4 Å². The Balaban J connectivity index is 1.58. The van der Waals surface area contributed by atoms with Gasteiger partial charge in [0.05, 0.1) is 12.2 Å². The molecule has 5 heteroatoms. The smallest absolute Gasteiger partial charge is 0.243 e. The van der Waals surface area contributed by atoms with E-state index in [4.69, 9.17) is 4.74 Å². The summed E-state index contributed by atoms with van der Waals surface area (Å²) in [5.41, 5.74) is 2.61. The predicted molar refractivity (Wildman–Crippen MR) is 108 cm³/mol. The van der Waals surface area contributed by atoms with Crippen LogP contribution < -0.4 is 15.4 Å². The topological polar surface area (TPSA) is 50.4 Å². The summed E-state index contributed by atoms with van der Waals surface area (Å²) in [6, 6.07) is 25.0. The molecule has 2 N–H and O–H groups in total. The fourth-order valence-electron chi connectivity index (χ4n) is 2.41. The van der Waals surface area contributed by atoms with E-state index in [1.807, 2.05) is 78.9 Å². The maximum Gasteiger partial charge on any atom is 0.243 e. The van der Waals surface area contributed by atoms with Crippen molar-refractivity contribution in [1.29, 1.82) is 0 Å². The van der Waals surface area contributed by atoms with Crippen LogP contribution >= 0.6 is 15.9 Å². The lowest BCUT2D eigenvalue weighted by Gasteiger charge is -2.13. The summed E-state index contributed by atoms with van der Waals surface area (Å²) in [5, 5.41) is 5.99. The molecular formula is C21H19BrN2O2. The van der Waals surface area contributed by atoms with E-state index in [2.05, 4.69) is 26.6 Å². The number of hydrogen-bond acceptors (Lipinski definition) is 3. The normalized spacial score (nSPS) is 10.2. The molecule has 4 nitrogen and oxygen atoms in total. The van der Waals surface area contributed by atoms with Crippen molar-refractivity contribution >= 4 is 33.2 Å². The van der Waals surface area contributed by atoms with E-state index in [0.29, 0.717) is 18.0 Å². The van der Waals surface area contributed by atoms with Gasteiger partial charge in [0, 0.05) is 10.2 Å². The van der Waals surface area contributed by atoms with E-state index in [0.717, 1.165) is 15.7 Å². The van der Waals surface area contributed by atoms with Crippen molar-refractivity contribution in [3.63, 3.8) is 0 Å². The van der Waals surface area contributed by atoms with Crippen molar-refractivity contribution in [2.24, 2.45) is 0 Å². The summed E-state index contributed by atoms with van der Waals surface area (Å²) in [6.07, 6.45) is 0. The number of halogens is 1. The molecule has 0 bridgehead atoms. The standard InChI is InChI=1S/C21H19BrN2O2/c22-17-9-6-10-18(13-17)23-14-21(25)24-19-11-4-5-12-20(19)26-15-16-7-2-1-3-8-16/h1-13,23H,14-15H2,(H,24,25). The lowest BCUT2D eigenvalue weighted by atomic mass is 10.2. The molecule has 0 radical (unpaired) electrons. The van der Waals surface area contributed by atoms with Crippen LogP contribution in [0.2, 0.25) is 0 Å². The lowest BCUT2D eigenvalue weighted by Crippen LogP contribution is -2.22. The summed E-state index contributed by atoms with van der Waals surface area (Å²) in [6.45, 7) is 0.619. The summed E-state index contributed by atoms with van der Waals surface area (Å²) in [4.78, 5) is 12.3. The van der Waals surface area contributed by atoms with Gasteiger partial charge < -0.3 is 15.4 Å². The van der Waals surface area contributed by atoms with E-state index in [1.165, 1.54) is 0 Å². The summed E-state index contributed by atoms with van der Waals surface area (Å²) in [5.74, 6) is 0.507. The Morgan fingerprint density at radius 1 is 0.923 bits per heavy atom. The molecule has 0 aliphatic carbocycles. The minimum Gasteiger partial charge on any atom is -0.487 e. The highest BCUT2D eigenvalue weighted by molar-refractivity contribution is 9.10. The van der Waals surface area contributed by atoms with Crippen molar-refractivity contribution in [2.45, 2.75) is 6.61 Å². The monoisotopic (exact) mass is 410 g/mol. The molecule has 0 saturated carbocycles. The largest absolute Gasteiger partial charge is 0.487 e. The van der Waals surface area contributed by atoms with Gasteiger partial charge in [0.25, 0.3) is 0 Å². The Morgan fingerprint density at radius 2 is 1.69 bits per heavy atom. The van der Waals surface area contributed by atoms with Crippen LogP contribution in [0.15, 0.2) is 83.3 Å². The third-order valence-corrected chi connectivity index (χ3v) is 4.17. The quantitative estimate of drug-likeness (QED) is 0.570. The maximum atomic E-state index is 12.3. The molecule has 0 aliphatic rings. The second-order valence-electron chi connectivity index (χ2n) is 5.68. The molecule has 3 rings (SSSR count). The number of amides is 1. The molecule has 132 valence electrons. The van der Waals surface area contributed by atoms with Crippen molar-refractivity contribution in [1.82, 2.24) is 0 Å². The van der Waals surface area contributed by atoms with E-state index in [1.54, 1.807) is 0 Å². The van der Waals surface area contributed by atoms with Crippen molar-refractivity contribution < 1.29 is 9.53 Å². The van der Waals surface area contributed by atoms with Crippen molar-refractivity contribution in [3.8, 4) is 5.75 Å². The first-order valence-corrected chi connectivity index (χ1v) is 9.05. The number of ether oxygens (including phenoxy) is 1. The van der Waals surface area contributed by atoms with Gasteiger partial charge in [0.2, 0.25) is 5.91 Å². The number of benzene rings is 3. The summed E-state index contributed by atoms with van der Waals surface area (Å²) in [7, 11) is 0. The predicted octanol–water partition coefficient (Wildman–Crippen LogP) is 5.08. The highest BCUT2D eigenvalue weighted by Gasteiger charge is 2.08. The van der Waals surface area contributed by atoms with Crippen LogP contribution in [0.4, 0.5) is 11.4 Å². The number of nitrogens with one attached hydrogen (secondary N) is 2. The van der Waals surface area contributed by atoms with Gasteiger partial charge >= 0.3 is 0 Å². The van der Waals surface area contributed by atoms with Crippen LogP contribution in [-0.4, -0.2) is 12.5 Å². The molecule has 0 atom stereocenters. The Labute approximate surface area is 161 Å². The SMILES string of the molecule is O=C(CNc1cccc(Br)c1)Nc1ccccc1OCc1ccccc1. The minimum absolute atomic E-state index is 0.138. The van der Waals surface area contributed by atoms with Gasteiger partial charge in [0.15, 0.2) is 0 Å². The first kappa shape index (κ1) is 18.0. The van der Waals surface area contributed by atoms with Gasteiger partial charge in [-0.15, -0.1) is 0 Å². The van der Waals surface area contributed by atoms with E-state index in [9.17, 15) is 4.79 Å². The van der Waals surface area contributed by atoms with Crippen LogP contribution in [0.25, 0.3) is 0 Å².